The zero-order valence-corrected chi connectivity index (χ0v) is 12.2. The normalized spacial score (nSPS) is 23.6. The Morgan fingerprint density at radius 1 is 1.37 bits per heavy atom. The molecule has 0 bridgehead atoms. The number of carboxylic acids is 1. The monoisotopic (exact) mass is 273 g/mol. The molecule has 1 heterocycles. The van der Waals surface area contributed by atoms with Crippen LogP contribution in [0.25, 0.3) is 0 Å². The maximum absolute atomic E-state index is 12.3. The molecule has 1 saturated heterocycles. The fourth-order valence-electron chi connectivity index (χ4n) is 2.06. The van der Waals surface area contributed by atoms with E-state index in [0.29, 0.717) is 19.4 Å². The van der Waals surface area contributed by atoms with Crippen LogP contribution >= 0.6 is 0 Å². The molecule has 1 atom stereocenters. The van der Waals surface area contributed by atoms with Crippen LogP contribution in [0, 0.1) is 0 Å². The van der Waals surface area contributed by atoms with Gasteiger partial charge < -0.3 is 14.6 Å². The molecular weight excluding hydrogens is 250 g/mol. The molecule has 1 rings (SSSR count). The van der Waals surface area contributed by atoms with Gasteiger partial charge in [0.2, 0.25) is 0 Å². The van der Waals surface area contributed by atoms with Gasteiger partial charge in [0.25, 0.3) is 0 Å². The zero-order valence-electron chi connectivity index (χ0n) is 12.2. The Bertz CT molecular complexity index is 359. The number of rotatable bonds is 1. The summed E-state index contributed by atoms with van der Waals surface area (Å²) in [6, 6.07) is -0.924. The highest BCUT2D eigenvalue weighted by Crippen LogP contribution is 2.28. The van der Waals surface area contributed by atoms with Crippen LogP contribution in [-0.2, 0) is 14.3 Å². The Kier molecular flexibility index (Phi) is 4.45. The van der Waals surface area contributed by atoms with Gasteiger partial charge in [-0.2, -0.15) is 0 Å². The van der Waals surface area contributed by atoms with E-state index in [9.17, 15) is 14.7 Å². The summed E-state index contributed by atoms with van der Waals surface area (Å²) in [5, 5.41) is 9.31. The summed E-state index contributed by atoms with van der Waals surface area (Å²) in [4.78, 5) is 24.8. The van der Waals surface area contributed by atoms with E-state index in [4.69, 9.17) is 9.47 Å². The lowest BCUT2D eigenvalue weighted by molar-refractivity contribution is -0.159. The van der Waals surface area contributed by atoms with Crippen LogP contribution in [0.4, 0.5) is 4.79 Å². The maximum Gasteiger partial charge on any atom is 0.413 e. The molecule has 19 heavy (non-hydrogen) atoms. The number of nitrogens with zero attached hydrogens (tertiary/aromatic N) is 1. The molecule has 0 aromatic carbocycles. The molecule has 110 valence electrons. The zero-order chi connectivity index (χ0) is 14.8. The molecule has 1 fully saturated rings. The Morgan fingerprint density at radius 3 is 2.42 bits per heavy atom. The molecular formula is C13H23NO5. The van der Waals surface area contributed by atoms with Crippen LogP contribution in [0.5, 0.6) is 0 Å². The molecule has 1 amide bonds. The Balaban J connectivity index is 3.04. The molecule has 6 heteroatoms. The summed E-state index contributed by atoms with van der Waals surface area (Å²) in [5.41, 5.74) is -1.68. The minimum Gasteiger partial charge on any atom is -0.480 e. The van der Waals surface area contributed by atoms with E-state index in [1.54, 1.807) is 34.6 Å². The van der Waals surface area contributed by atoms with Crippen molar-refractivity contribution in [2.75, 3.05) is 6.61 Å². The van der Waals surface area contributed by atoms with Crippen molar-refractivity contribution in [3.05, 3.63) is 0 Å². The fraction of sp³-hybridized carbons (Fsp3) is 0.846. The second-order valence-electron chi connectivity index (χ2n) is 6.14. The quantitative estimate of drug-likeness (QED) is 0.792. The molecule has 1 aliphatic rings. The standard InChI is InChI=1S/C13H23NO5/c1-12(2,3)19-11(17)14-9(10(15)16)7-6-8-18-13(14,4)5/h9H,6-8H2,1-5H3,(H,15,16)/t9-/m1/s1. The van der Waals surface area contributed by atoms with Gasteiger partial charge in [0.1, 0.15) is 17.4 Å². The summed E-state index contributed by atoms with van der Waals surface area (Å²) in [6.45, 7) is 9.01. The number of carboxylic acid groups (broad SMARTS) is 1. The molecule has 0 spiro atoms. The molecule has 1 aliphatic heterocycles. The first-order chi connectivity index (χ1) is 8.54. The third kappa shape index (κ3) is 4.09. The van der Waals surface area contributed by atoms with Gasteiger partial charge in [-0.15, -0.1) is 0 Å². The van der Waals surface area contributed by atoms with Gasteiger partial charge in [0, 0.05) is 6.61 Å². The molecule has 0 unspecified atom stereocenters. The summed E-state index contributed by atoms with van der Waals surface area (Å²) in [6.07, 6.45) is 0.296. The number of carbonyl (C=O) groups excluding carboxylic acids is 1. The van der Waals surface area contributed by atoms with Crippen LogP contribution in [0.2, 0.25) is 0 Å². The number of hydrogen-bond acceptors (Lipinski definition) is 4. The lowest BCUT2D eigenvalue weighted by Gasteiger charge is -2.40. The van der Waals surface area contributed by atoms with E-state index >= 15 is 0 Å². The van der Waals surface area contributed by atoms with Crippen molar-refractivity contribution in [2.24, 2.45) is 0 Å². The van der Waals surface area contributed by atoms with E-state index in [1.165, 1.54) is 4.90 Å². The smallest absolute Gasteiger partial charge is 0.413 e. The Morgan fingerprint density at radius 2 is 1.95 bits per heavy atom. The Labute approximate surface area is 113 Å². The van der Waals surface area contributed by atoms with Crippen LogP contribution in [0.1, 0.15) is 47.5 Å². The van der Waals surface area contributed by atoms with Gasteiger partial charge in [0.15, 0.2) is 0 Å². The number of hydrogen-bond donors (Lipinski definition) is 1. The van der Waals surface area contributed by atoms with Crippen molar-refractivity contribution in [1.29, 1.82) is 0 Å². The van der Waals surface area contributed by atoms with Gasteiger partial charge in [-0.1, -0.05) is 0 Å². The molecule has 0 saturated carbocycles. The average molecular weight is 273 g/mol. The first-order valence-electron chi connectivity index (χ1n) is 6.44. The van der Waals surface area contributed by atoms with Crippen molar-refractivity contribution in [2.45, 2.75) is 64.8 Å². The number of aliphatic carboxylic acids is 1. The van der Waals surface area contributed by atoms with Crippen molar-refractivity contribution in [1.82, 2.24) is 4.90 Å². The van der Waals surface area contributed by atoms with Crippen molar-refractivity contribution >= 4 is 12.1 Å². The minimum atomic E-state index is -1.04. The number of carbonyl (C=O) groups is 2. The highest BCUT2D eigenvalue weighted by molar-refractivity contribution is 5.80. The van der Waals surface area contributed by atoms with Gasteiger partial charge in [-0.3, -0.25) is 4.90 Å². The van der Waals surface area contributed by atoms with Crippen LogP contribution < -0.4 is 0 Å². The Hall–Kier alpha value is -1.30. The van der Waals surface area contributed by atoms with Gasteiger partial charge >= 0.3 is 12.1 Å². The molecule has 0 aromatic rings. The lowest BCUT2D eigenvalue weighted by atomic mass is 10.1. The summed E-state index contributed by atoms with van der Waals surface area (Å²) in [5.74, 6) is -1.04. The fourth-order valence-corrected chi connectivity index (χ4v) is 2.06. The second-order valence-corrected chi connectivity index (χ2v) is 6.14. The van der Waals surface area contributed by atoms with Crippen molar-refractivity contribution in [3.8, 4) is 0 Å². The van der Waals surface area contributed by atoms with Gasteiger partial charge in [-0.25, -0.2) is 9.59 Å². The second kappa shape index (κ2) is 5.36. The summed E-state index contributed by atoms with van der Waals surface area (Å²) >= 11 is 0. The first kappa shape index (κ1) is 15.8. The molecule has 6 nitrogen and oxygen atoms in total. The van der Waals surface area contributed by atoms with E-state index in [2.05, 4.69) is 0 Å². The number of amides is 1. The van der Waals surface area contributed by atoms with E-state index < -0.39 is 29.4 Å². The SMILES string of the molecule is CC(C)(C)OC(=O)N1[C@@H](C(=O)O)CCCOC1(C)C. The van der Waals surface area contributed by atoms with Crippen LogP contribution in [-0.4, -0.2) is 46.0 Å². The predicted octanol–water partition coefficient (Wildman–Crippen LogP) is 2.22. The highest BCUT2D eigenvalue weighted by Gasteiger charge is 2.44. The summed E-state index contributed by atoms with van der Waals surface area (Å²) in [7, 11) is 0. The molecule has 0 aliphatic carbocycles. The van der Waals surface area contributed by atoms with Crippen molar-refractivity contribution in [3.63, 3.8) is 0 Å². The van der Waals surface area contributed by atoms with Gasteiger partial charge in [-0.05, 0) is 47.5 Å². The molecule has 0 aromatic heterocycles. The highest BCUT2D eigenvalue weighted by atomic mass is 16.6. The molecule has 0 radical (unpaired) electrons. The largest absolute Gasteiger partial charge is 0.480 e. The van der Waals surface area contributed by atoms with Crippen LogP contribution in [0.15, 0.2) is 0 Å². The predicted molar refractivity (Wildman–Crippen MR) is 68.8 cm³/mol. The third-order valence-corrected chi connectivity index (χ3v) is 2.84. The average Bonchev–Trinajstić information content (AvgIpc) is 2.33. The van der Waals surface area contributed by atoms with E-state index in [1.807, 2.05) is 0 Å². The topological polar surface area (TPSA) is 76.1 Å². The van der Waals surface area contributed by atoms with E-state index in [0.717, 1.165) is 0 Å². The first-order valence-corrected chi connectivity index (χ1v) is 6.44. The summed E-state index contributed by atoms with van der Waals surface area (Å²) < 4.78 is 10.9. The molecule has 1 N–H and O–H groups in total. The maximum atomic E-state index is 12.3. The number of ether oxygens (including phenoxy) is 2. The van der Waals surface area contributed by atoms with Crippen molar-refractivity contribution < 1.29 is 24.2 Å². The van der Waals surface area contributed by atoms with Crippen LogP contribution in [0.3, 0.4) is 0 Å². The third-order valence-electron chi connectivity index (χ3n) is 2.84. The minimum absolute atomic E-state index is 0.359. The lowest BCUT2D eigenvalue weighted by Crippen LogP contribution is -2.57. The van der Waals surface area contributed by atoms with E-state index in [-0.39, 0.29) is 0 Å². The van der Waals surface area contributed by atoms with Gasteiger partial charge in [0.05, 0.1) is 0 Å².